The molecule has 0 spiro atoms. The highest BCUT2D eigenvalue weighted by atomic mass is 79.9. The zero-order chi connectivity index (χ0) is 15.2. The molecule has 3 heteroatoms. The van der Waals surface area contributed by atoms with Gasteiger partial charge in [-0.1, -0.05) is 51.7 Å². The lowest BCUT2D eigenvalue weighted by atomic mass is 9.91. The van der Waals surface area contributed by atoms with Gasteiger partial charge < -0.3 is 9.73 Å². The molecule has 2 atom stereocenters. The summed E-state index contributed by atoms with van der Waals surface area (Å²) in [6.07, 6.45) is 6.29. The summed E-state index contributed by atoms with van der Waals surface area (Å²) in [5.41, 5.74) is 0.953. The van der Waals surface area contributed by atoms with Crippen molar-refractivity contribution in [3.8, 4) is 0 Å². The molecule has 0 aliphatic carbocycles. The molecule has 1 aromatic heterocycles. The predicted octanol–water partition coefficient (Wildman–Crippen LogP) is 6.06. The molecule has 0 fully saturated rings. The molecular formula is C18H26BrNO. The number of halogens is 1. The summed E-state index contributed by atoms with van der Waals surface area (Å²) >= 11 is 3.57. The smallest absolute Gasteiger partial charge is 0.148 e. The topological polar surface area (TPSA) is 25.2 Å². The van der Waals surface area contributed by atoms with Crippen LogP contribution in [0.2, 0.25) is 0 Å². The Bertz CT molecular complexity index is 563. The second kappa shape index (κ2) is 8.00. The van der Waals surface area contributed by atoms with Gasteiger partial charge in [-0.3, -0.25) is 0 Å². The van der Waals surface area contributed by atoms with E-state index in [0.717, 1.165) is 28.2 Å². The fourth-order valence-electron chi connectivity index (χ4n) is 2.91. The molecule has 2 unspecified atom stereocenters. The molecule has 0 aliphatic heterocycles. The van der Waals surface area contributed by atoms with E-state index in [-0.39, 0.29) is 0 Å². The zero-order valence-corrected chi connectivity index (χ0v) is 14.9. The van der Waals surface area contributed by atoms with Crippen LogP contribution in [-0.4, -0.2) is 7.05 Å². The van der Waals surface area contributed by atoms with Crippen molar-refractivity contribution in [1.29, 1.82) is 0 Å². The molecule has 1 N–H and O–H groups in total. The van der Waals surface area contributed by atoms with E-state index < -0.39 is 0 Å². The quantitative estimate of drug-likeness (QED) is 0.624. The van der Waals surface area contributed by atoms with Crippen LogP contribution in [0.5, 0.6) is 0 Å². The fourth-order valence-corrected chi connectivity index (χ4v) is 3.37. The summed E-state index contributed by atoms with van der Waals surface area (Å²) in [4.78, 5) is 0. The van der Waals surface area contributed by atoms with E-state index in [0.29, 0.717) is 6.04 Å². The normalized spacial score (nSPS) is 14.5. The minimum Gasteiger partial charge on any atom is -0.458 e. The monoisotopic (exact) mass is 351 g/mol. The maximum Gasteiger partial charge on any atom is 0.148 e. The van der Waals surface area contributed by atoms with E-state index in [4.69, 9.17) is 4.42 Å². The first-order valence-corrected chi connectivity index (χ1v) is 8.84. The third-order valence-corrected chi connectivity index (χ3v) is 4.94. The maximum absolute atomic E-state index is 6.09. The van der Waals surface area contributed by atoms with E-state index in [1.165, 1.54) is 31.1 Å². The van der Waals surface area contributed by atoms with E-state index >= 15 is 0 Å². The molecule has 0 saturated carbocycles. The van der Waals surface area contributed by atoms with Crippen molar-refractivity contribution < 1.29 is 4.42 Å². The Labute approximate surface area is 136 Å². The highest BCUT2D eigenvalue weighted by molar-refractivity contribution is 9.10. The highest BCUT2D eigenvalue weighted by Crippen LogP contribution is 2.33. The predicted molar refractivity (Wildman–Crippen MR) is 93.6 cm³/mol. The second-order valence-corrected chi connectivity index (χ2v) is 6.65. The summed E-state index contributed by atoms with van der Waals surface area (Å²) in [5, 5.41) is 4.60. The largest absolute Gasteiger partial charge is 0.458 e. The van der Waals surface area contributed by atoms with Gasteiger partial charge in [-0.15, -0.1) is 0 Å². The number of unbranched alkanes of at least 4 members (excludes halogenated alkanes) is 1. The van der Waals surface area contributed by atoms with Crippen LogP contribution < -0.4 is 5.32 Å². The lowest BCUT2D eigenvalue weighted by Gasteiger charge is -2.20. The van der Waals surface area contributed by atoms with E-state index in [1.54, 1.807) is 0 Å². The van der Waals surface area contributed by atoms with Crippen LogP contribution in [0.15, 0.2) is 33.2 Å². The lowest BCUT2D eigenvalue weighted by molar-refractivity contribution is 0.334. The van der Waals surface area contributed by atoms with Crippen molar-refractivity contribution >= 4 is 26.9 Å². The number of benzene rings is 1. The van der Waals surface area contributed by atoms with Crippen LogP contribution in [0.25, 0.3) is 11.0 Å². The first kappa shape index (κ1) is 16.6. The molecule has 1 heterocycles. The van der Waals surface area contributed by atoms with Crippen LogP contribution in [0.4, 0.5) is 0 Å². The first-order chi connectivity index (χ1) is 10.2. The van der Waals surface area contributed by atoms with E-state index in [9.17, 15) is 0 Å². The van der Waals surface area contributed by atoms with Gasteiger partial charge in [0.25, 0.3) is 0 Å². The standard InChI is InChI=1S/C18H26BrNO/c1-4-6-8-13(5-2)11-16(20-3)17-12-14-9-7-10-15(19)18(14)21-17/h7,9-10,12-13,16,20H,4-6,8,11H2,1-3H3. The molecular weight excluding hydrogens is 326 g/mol. The Morgan fingerprint density at radius 2 is 2.10 bits per heavy atom. The Morgan fingerprint density at radius 1 is 1.29 bits per heavy atom. The van der Waals surface area contributed by atoms with Crippen molar-refractivity contribution in [3.05, 3.63) is 34.5 Å². The summed E-state index contributed by atoms with van der Waals surface area (Å²) in [6, 6.07) is 8.66. The number of furan rings is 1. The van der Waals surface area contributed by atoms with Crippen LogP contribution in [-0.2, 0) is 0 Å². The first-order valence-electron chi connectivity index (χ1n) is 8.04. The molecule has 116 valence electrons. The molecule has 0 saturated heterocycles. The molecule has 2 rings (SSSR count). The number of hydrogen-bond donors (Lipinski definition) is 1. The Hall–Kier alpha value is -0.800. The van der Waals surface area contributed by atoms with Gasteiger partial charge in [0.05, 0.1) is 10.5 Å². The van der Waals surface area contributed by atoms with E-state index in [1.807, 2.05) is 13.1 Å². The number of rotatable bonds is 8. The maximum atomic E-state index is 6.09. The molecule has 1 aromatic carbocycles. The SMILES string of the molecule is CCCCC(CC)CC(NC)c1cc2cccc(Br)c2o1. The molecule has 2 aromatic rings. The van der Waals surface area contributed by atoms with Gasteiger partial charge in [0.1, 0.15) is 11.3 Å². The lowest BCUT2D eigenvalue weighted by Crippen LogP contribution is -2.19. The second-order valence-electron chi connectivity index (χ2n) is 5.80. The number of fused-ring (bicyclic) bond motifs is 1. The van der Waals surface area contributed by atoms with Gasteiger partial charge in [-0.25, -0.2) is 0 Å². The van der Waals surface area contributed by atoms with Gasteiger partial charge >= 0.3 is 0 Å². The van der Waals surface area contributed by atoms with Crippen molar-refractivity contribution in [1.82, 2.24) is 5.32 Å². The van der Waals surface area contributed by atoms with Crippen molar-refractivity contribution in [3.63, 3.8) is 0 Å². The average molecular weight is 352 g/mol. The molecule has 2 nitrogen and oxygen atoms in total. The summed E-state index contributed by atoms with van der Waals surface area (Å²) in [6.45, 7) is 4.56. The van der Waals surface area contributed by atoms with Crippen LogP contribution >= 0.6 is 15.9 Å². The van der Waals surface area contributed by atoms with Crippen molar-refractivity contribution in [2.75, 3.05) is 7.05 Å². The minimum absolute atomic E-state index is 0.297. The van der Waals surface area contributed by atoms with Crippen LogP contribution in [0.1, 0.15) is 57.8 Å². The van der Waals surface area contributed by atoms with Crippen LogP contribution in [0, 0.1) is 5.92 Å². The van der Waals surface area contributed by atoms with Crippen molar-refractivity contribution in [2.45, 2.75) is 52.0 Å². The zero-order valence-electron chi connectivity index (χ0n) is 13.3. The Balaban J connectivity index is 2.16. The van der Waals surface area contributed by atoms with E-state index in [2.05, 4.69) is 53.3 Å². The Morgan fingerprint density at radius 3 is 2.71 bits per heavy atom. The third-order valence-electron chi connectivity index (χ3n) is 4.32. The average Bonchev–Trinajstić information content (AvgIpc) is 2.93. The van der Waals surface area contributed by atoms with Gasteiger partial charge in [0, 0.05) is 5.39 Å². The number of nitrogens with one attached hydrogen (secondary N) is 1. The van der Waals surface area contributed by atoms with Crippen LogP contribution in [0.3, 0.4) is 0 Å². The fraction of sp³-hybridized carbons (Fsp3) is 0.556. The number of hydrogen-bond acceptors (Lipinski definition) is 2. The van der Waals surface area contributed by atoms with Gasteiger partial charge in [0.2, 0.25) is 0 Å². The molecule has 21 heavy (non-hydrogen) atoms. The minimum atomic E-state index is 0.297. The van der Waals surface area contributed by atoms with Crippen molar-refractivity contribution in [2.24, 2.45) is 5.92 Å². The molecule has 0 bridgehead atoms. The summed E-state index contributed by atoms with van der Waals surface area (Å²) in [5.74, 6) is 1.81. The summed E-state index contributed by atoms with van der Waals surface area (Å²) in [7, 11) is 2.03. The molecule has 0 aliphatic rings. The third kappa shape index (κ3) is 4.10. The van der Waals surface area contributed by atoms with Gasteiger partial charge in [-0.2, -0.15) is 0 Å². The van der Waals surface area contributed by atoms with Gasteiger partial charge in [0.15, 0.2) is 0 Å². The highest BCUT2D eigenvalue weighted by Gasteiger charge is 2.19. The summed E-state index contributed by atoms with van der Waals surface area (Å²) < 4.78 is 7.12. The Kier molecular flexibility index (Phi) is 6.31. The van der Waals surface area contributed by atoms with Gasteiger partial charge in [-0.05, 0) is 47.4 Å². The number of para-hydroxylation sites is 1. The molecule has 0 radical (unpaired) electrons. The molecule has 0 amide bonds.